The van der Waals surface area contributed by atoms with Crippen molar-refractivity contribution in [2.75, 3.05) is 0 Å². The third-order valence-electron chi connectivity index (χ3n) is 8.75. The molecule has 46 heavy (non-hydrogen) atoms. The van der Waals surface area contributed by atoms with E-state index in [-0.39, 0.29) is 55.5 Å². The van der Waals surface area contributed by atoms with E-state index in [4.69, 9.17) is 20.9 Å². The minimum atomic E-state index is -2.82. The van der Waals surface area contributed by atoms with Crippen LogP contribution >= 0.6 is 0 Å². The molecule has 0 bridgehead atoms. The fourth-order valence-corrected chi connectivity index (χ4v) is 6.23. The van der Waals surface area contributed by atoms with E-state index in [1.165, 1.54) is 36.5 Å². The Balaban J connectivity index is 1.45. The number of hydrogen-bond donors (Lipinski definition) is 0. The second-order valence-corrected chi connectivity index (χ2v) is 12.9. The molecule has 0 N–H and O–H groups in total. The molecule has 0 amide bonds. The van der Waals surface area contributed by atoms with E-state index in [0.717, 1.165) is 21.9 Å². The Morgan fingerprint density at radius 1 is 0.587 bits per heavy atom. The largest absolute Gasteiger partial charge is 0.455 e. The molecule has 2 nitrogen and oxygen atoms in total. The van der Waals surface area contributed by atoms with Crippen molar-refractivity contribution in [1.82, 2.24) is 4.98 Å². The maximum atomic E-state index is 8.64. The topological polar surface area (TPSA) is 26.0 Å². The molecule has 7 rings (SSSR count). The van der Waals surface area contributed by atoms with Crippen molar-refractivity contribution in [2.24, 2.45) is 0 Å². The van der Waals surface area contributed by atoms with Crippen molar-refractivity contribution < 1.29 is 20.9 Å². The van der Waals surface area contributed by atoms with Crippen LogP contribution < -0.4 is 0 Å². The minimum absolute atomic E-state index is 0.0246. The Kier molecular flexibility index (Phi) is 4.57. The molecule has 7 aromatic rings. The van der Waals surface area contributed by atoms with E-state index in [1.54, 1.807) is 24.3 Å². The van der Waals surface area contributed by atoms with Crippen LogP contribution in [0.3, 0.4) is 0 Å². The van der Waals surface area contributed by atoms with E-state index in [2.05, 4.69) is 25.8 Å². The van der Waals surface area contributed by atoms with Gasteiger partial charge < -0.3 is 4.42 Å². The second kappa shape index (κ2) is 11.1. The summed E-state index contributed by atoms with van der Waals surface area (Å²) in [6.07, 6.45) is 1.23. The van der Waals surface area contributed by atoms with Gasteiger partial charge in [0.25, 0.3) is 0 Å². The Morgan fingerprint density at radius 3 is 1.98 bits per heavy atom. The third kappa shape index (κ3) is 5.12. The molecule has 0 aliphatic rings. The first-order valence-electron chi connectivity index (χ1n) is 21.2. The number of para-hydroxylation sites is 1. The fraction of sp³-hybridized carbons (Fsp3) is 0.205. The summed E-state index contributed by atoms with van der Waals surface area (Å²) in [7, 11) is 0. The maximum Gasteiger partial charge on any atom is 0.144 e. The van der Waals surface area contributed by atoms with Gasteiger partial charge in [0, 0.05) is 39.0 Å². The highest BCUT2D eigenvalue weighted by molar-refractivity contribution is 6.10. The van der Waals surface area contributed by atoms with Gasteiger partial charge >= 0.3 is 0 Å². The summed E-state index contributed by atoms with van der Waals surface area (Å²) < 4.78 is 108. The molecule has 0 saturated carbocycles. The van der Waals surface area contributed by atoms with Gasteiger partial charge in [-0.1, -0.05) is 99.6 Å². The highest BCUT2D eigenvalue weighted by Crippen LogP contribution is 2.39. The number of hydrogen-bond acceptors (Lipinski definition) is 2. The predicted molar refractivity (Wildman–Crippen MR) is 196 cm³/mol. The van der Waals surface area contributed by atoms with Gasteiger partial charge in [0.2, 0.25) is 0 Å². The molecule has 5 aromatic carbocycles. The molecule has 2 heterocycles. The van der Waals surface area contributed by atoms with E-state index in [1.807, 2.05) is 49.4 Å². The smallest absolute Gasteiger partial charge is 0.144 e. The van der Waals surface area contributed by atoms with Gasteiger partial charge in [-0.15, -0.1) is 0 Å². The van der Waals surface area contributed by atoms with Crippen LogP contribution in [0.4, 0.5) is 0 Å². The fourth-order valence-electron chi connectivity index (χ4n) is 6.23. The lowest BCUT2D eigenvalue weighted by atomic mass is 9.85. The third-order valence-corrected chi connectivity index (χ3v) is 8.75. The molecule has 0 unspecified atom stereocenters. The SMILES string of the molecule is [2H]C([2H])([2H])c1cc(-c2ccc(-c3cc(-c4cccc5c4oc4cccc(C)c45)ncc3C([2H])([2H])[2H])c(C([2H])([2H])[2H])c2)c(C([2H])([2H])[2H])cc1-c1ccc(C(C)(C)C)cc1. The van der Waals surface area contributed by atoms with Gasteiger partial charge in [-0.2, -0.15) is 0 Å². The zero-order valence-electron chi connectivity index (χ0n) is 38.2. The Labute approximate surface area is 289 Å². The van der Waals surface area contributed by atoms with Crippen LogP contribution in [0.1, 0.15) is 70.6 Å². The number of aromatic nitrogens is 1. The quantitative estimate of drug-likeness (QED) is 0.198. The predicted octanol–water partition coefficient (Wildman–Crippen LogP) is 12.5. The van der Waals surface area contributed by atoms with Gasteiger partial charge in [-0.05, 0) is 125 Å². The number of benzene rings is 5. The summed E-state index contributed by atoms with van der Waals surface area (Å²) in [6.45, 7) is -2.78. The standard InChI is InChI=1S/C44H41NO/c1-26-11-9-14-41-42(26)36-13-10-12-35(43(36)46-41)40-24-39(30(5)25-45-40)34-20-17-32(21-27(34)2)38-23-28(3)37(22-29(38)4)31-15-18-33(19-16-31)44(6,7)8/h9-25H,1-8H3/i2D3,3D3,4D3,5D3. The van der Waals surface area contributed by atoms with Crippen LogP contribution in [0.15, 0.2) is 108 Å². The van der Waals surface area contributed by atoms with Gasteiger partial charge in [0.15, 0.2) is 0 Å². The number of pyridine rings is 1. The highest BCUT2D eigenvalue weighted by Gasteiger charge is 2.18. The summed E-state index contributed by atoms with van der Waals surface area (Å²) >= 11 is 0. The van der Waals surface area contributed by atoms with Crippen LogP contribution in [0.2, 0.25) is 0 Å². The van der Waals surface area contributed by atoms with Gasteiger partial charge in [-0.25, -0.2) is 0 Å². The Hall–Kier alpha value is -4.95. The maximum absolute atomic E-state index is 8.64. The van der Waals surface area contributed by atoms with Crippen LogP contribution in [-0.2, 0) is 5.41 Å². The second-order valence-electron chi connectivity index (χ2n) is 12.9. The van der Waals surface area contributed by atoms with Crippen LogP contribution in [0, 0.1) is 34.3 Å². The lowest BCUT2D eigenvalue weighted by Crippen LogP contribution is -2.10. The minimum Gasteiger partial charge on any atom is -0.455 e. The molecule has 0 radical (unpaired) electrons. The van der Waals surface area contributed by atoms with Gasteiger partial charge in [0.05, 0.1) is 5.69 Å². The number of fused-ring (bicyclic) bond motifs is 3. The summed E-state index contributed by atoms with van der Waals surface area (Å²) in [6, 6.07) is 27.1. The first kappa shape index (κ1) is 18.9. The molecule has 0 saturated heterocycles. The van der Waals surface area contributed by atoms with Crippen LogP contribution in [-0.4, -0.2) is 4.98 Å². The summed E-state index contributed by atoms with van der Waals surface area (Å²) in [5, 5.41) is 1.78. The lowest BCUT2D eigenvalue weighted by molar-refractivity contribution is 0.590. The Morgan fingerprint density at radius 2 is 1.26 bits per heavy atom. The van der Waals surface area contributed by atoms with E-state index >= 15 is 0 Å². The zero-order chi connectivity index (χ0) is 42.3. The number of rotatable bonds is 4. The molecule has 2 heteroatoms. The van der Waals surface area contributed by atoms with E-state index in [0.29, 0.717) is 28.0 Å². The summed E-state index contributed by atoms with van der Waals surface area (Å²) in [5.74, 6) is 0. The molecular formula is C44H41NO. The van der Waals surface area contributed by atoms with Crippen molar-refractivity contribution in [3.8, 4) is 44.6 Å². The van der Waals surface area contributed by atoms with Crippen molar-refractivity contribution in [3.05, 3.63) is 137 Å². The van der Waals surface area contributed by atoms with Crippen molar-refractivity contribution >= 4 is 21.9 Å². The Bertz CT molecular complexity index is 2710. The first-order chi connectivity index (χ1) is 26.8. The molecule has 0 fully saturated rings. The van der Waals surface area contributed by atoms with Gasteiger partial charge in [-0.3, -0.25) is 4.98 Å². The molecule has 0 aliphatic carbocycles. The molecule has 0 spiro atoms. The van der Waals surface area contributed by atoms with Crippen LogP contribution in [0.25, 0.3) is 66.6 Å². The van der Waals surface area contributed by atoms with Gasteiger partial charge in [0.1, 0.15) is 11.2 Å². The van der Waals surface area contributed by atoms with Crippen molar-refractivity contribution in [2.45, 2.75) is 60.5 Å². The summed E-state index contributed by atoms with van der Waals surface area (Å²) in [5.41, 5.74) is 4.39. The molecule has 0 atom stereocenters. The monoisotopic (exact) mass is 611 g/mol. The van der Waals surface area contributed by atoms with E-state index < -0.39 is 27.4 Å². The number of aryl methyl sites for hydroxylation is 5. The van der Waals surface area contributed by atoms with E-state index in [9.17, 15) is 0 Å². The number of furan rings is 1. The van der Waals surface area contributed by atoms with Crippen molar-refractivity contribution in [1.29, 1.82) is 0 Å². The molecule has 0 aliphatic heterocycles. The van der Waals surface area contributed by atoms with Crippen molar-refractivity contribution in [3.63, 3.8) is 0 Å². The average molecular weight is 612 g/mol. The molecule has 228 valence electrons. The number of nitrogens with zero attached hydrogens (tertiary/aromatic N) is 1. The average Bonchev–Trinajstić information content (AvgIpc) is 3.52. The molecular weight excluding hydrogens is 558 g/mol. The highest BCUT2D eigenvalue weighted by atomic mass is 16.3. The van der Waals surface area contributed by atoms with Crippen LogP contribution in [0.5, 0.6) is 0 Å². The first-order valence-corrected chi connectivity index (χ1v) is 15.2. The zero-order valence-corrected chi connectivity index (χ0v) is 26.2. The molecule has 2 aromatic heterocycles. The lowest BCUT2D eigenvalue weighted by Gasteiger charge is -2.20. The summed E-state index contributed by atoms with van der Waals surface area (Å²) in [4.78, 5) is 4.55. The normalized spacial score (nSPS) is 16.9.